The maximum Gasteiger partial charge on any atom is 0.262 e. The van der Waals surface area contributed by atoms with Crippen molar-refractivity contribution < 1.29 is 9.53 Å². The van der Waals surface area contributed by atoms with Crippen LogP contribution in [0.15, 0.2) is 48.5 Å². The molecule has 0 bridgehead atoms. The highest BCUT2D eigenvalue weighted by atomic mass is 16.5. The summed E-state index contributed by atoms with van der Waals surface area (Å²) in [4.78, 5) is 22.1. The number of anilines is 2. The monoisotopic (exact) mass is 460 g/mol. The third-order valence-corrected chi connectivity index (χ3v) is 6.64. The number of aryl methyl sites for hydroxylation is 2. The highest BCUT2D eigenvalue weighted by Gasteiger charge is 2.22. The number of rotatable bonds is 8. The number of pyridine rings is 1. The van der Waals surface area contributed by atoms with Crippen LogP contribution in [0.1, 0.15) is 37.3 Å². The number of benzene rings is 2. The van der Waals surface area contributed by atoms with E-state index in [1.54, 1.807) is 0 Å². The first-order valence-electron chi connectivity index (χ1n) is 12.3. The molecule has 0 unspecified atom stereocenters. The topological polar surface area (TPSA) is 57.7 Å². The van der Waals surface area contributed by atoms with Gasteiger partial charge in [0.1, 0.15) is 11.6 Å². The predicted octanol–water partition coefficient (Wildman–Crippen LogP) is 5.04. The lowest BCUT2D eigenvalue weighted by Crippen LogP contribution is -2.42. The van der Waals surface area contributed by atoms with Gasteiger partial charge in [-0.15, -0.1) is 0 Å². The van der Waals surface area contributed by atoms with Gasteiger partial charge in [-0.25, -0.2) is 4.98 Å². The van der Waals surface area contributed by atoms with E-state index in [0.29, 0.717) is 11.8 Å². The van der Waals surface area contributed by atoms with E-state index >= 15 is 0 Å². The quantitative estimate of drug-likeness (QED) is 0.510. The number of piperidine rings is 1. The molecule has 1 saturated heterocycles. The molecular weight excluding hydrogens is 424 g/mol. The molecule has 2 aromatic carbocycles. The molecule has 34 heavy (non-hydrogen) atoms. The Labute approximate surface area is 202 Å². The molecule has 0 aliphatic carbocycles. The van der Waals surface area contributed by atoms with Crippen molar-refractivity contribution in [3.63, 3.8) is 0 Å². The summed E-state index contributed by atoms with van der Waals surface area (Å²) in [6.45, 7) is 6.29. The van der Waals surface area contributed by atoms with E-state index < -0.39 is 0 Å². The van der Waals surface area contributed by atoms with E-state index in [9.17, 15) is 4.79 Å². The highest BCUT2D eigenvalue weighted by molar-refractivity contribution is 5.95. The van der Waals surface area contributed by atoms with Gasteiger partial charge in [-0.2, -0.15) is 0 Å². The number of nitrogens with zero attached hydrogens (tertiary/aromatic N) is 3. The molecule has 6 heteroatoms. The zero-order valence-corrected chi connectivity index (χ0v) is 20.8. The van der Waals surface area contributed by atoms with Gasteiger partial charge in [-0.1, -0.05) is 25.5 Å². The van der Waals surface area contributed by atoms with Gasteiger partial charge in [0.25, 0.3) is 5.91 Å². The summed E-state index contributed by atoms with van der Waals surface area (Å²) in [7, 11) is 4.32. The summed E-state index contributed by atoms with van der Waals surface area (Å²) in [6.07, 6.45) is 4.47. The van der Waals surface area contributed by atoms with Crippen molar-refractivity contribution in [3.8, 4) is 5.75 Å². The Bertz CT molecular complexity index is 1120. The van der Waals surface area contributed by atoms with Crippen LogP contribution in [0.2, 0.25) is 0 Å². The summed E-state index contributed by atoms with van der Waals surface area (Å²) in [6, 6.07) is 16.6. The second-order valence-corrected chi connectivity index (χ2v) is 9.44. The van der Waals surface area contributed by atoms with Crippen LogP contribution in [0.4, 0.5) is 11.5 Å². The second kappa shape index (κ2) is 10.9. The average Bonchev–Trinajstić information content (AvgIpc) is 2.84. The smallest absolute Gasteiger partial charge is 0.262 e. The Morgan fingerprint density at radius 3 is 2.53 bits per heavy atom. The van der Waals surface area contributed by atoms with Crippen LogP contribution in [0.25, 0.3) is 10.9 Å². The number of carbonyl (C=O) groups is 1. The largest absolute Gasteiger partial charge is 0.484 e. The van der Waals surface area contributed by atoms with Gasteiger partial charge in [-0.3, -0.25) is 4.79 Å². The number of ether oxygens (including phenoxy) is 1. The maximum atomic E-state index is 12.4. The van der Waals surface area contributed by atoms with E-state index in [4.69, 9.17) is 9.72 Å². The van der Waals surface area contributed by atoms with E-state index in [-0.39, 0.29) is 12.5 Å². The molecular formula is C28H36N4O2. The minimum Gasteiger partial charge on any atom is -0.484 e. The van der Waals surface area contributed by atoms with Gasteiger partial charge in [0.15, 0.2) is 6.61 Å². The second-order valence-electron chi connectivity index (χ2n) is 9.44. The third kappa shape index (κ3) is 5.86. The van der Waals surface area contributed by atoms with Gasteiger partial charge in [0.05, 0.1) is 5.52 Å². The van der Waals surface area contributed by atoms with Crippen molar-refractivity contribution in [1.29, 1.82) is 0 Å². The van der Waals surface area contributed by atoms with E-state index in [1.807, 2.05) is 30.3 Å². The standard InChI is InChI=1S/C28H36N4O2/c1-5-6-21-7-10-24(11-8-21)34-19-28(33)29-22-9-12-26-25(18-22)20(2)17-27(30-26)32-15-13-23(14-16-32)31(3)4/h7-12,17-18,23H,5-6,13-16,19H2,1-4H3,(H,29,33). The lowest BCUT2D eigenvalue weighted by molar-refractivity contribution is -0.118. The zero-order valence-electron chi connectivity index (χ0n) is 20.8. The Morgan fingerprint density at radius 2 is 1.85 bits per heavy atom. The van der Waals surface area contributed by atoms with Crippen LogP contribution in [0, 0.1) is 6.92 Å². The van der Waals surface area contributed by atoms with Crippen molar-refractivity contribution in [2.45, 2.75) is 45.6 Å². The van der Waals surface area contributed by atoms with Gasteiger partial charge in [0, 0.05) is 30.2 Å². The molecule has 1 fully saturated rings. The number of hydrogen-bond acceptors (Lipinski definition) is 5. The summed E-state index contributed by atoms with van der Waals surface area (Å²) in [5, 5.41) is 4.00. The van der Waals surface area contributed by atoms with E-state index in [1.165, 1.54) is 5.56 Å². The number of hydrogen-bond donors (Lipinski definition) is 1. The van der Waals surface area contributed by atoms with Gasteiger partial charge in [-0.05, 0) is 87.8 Å². The number of fused-ring (bicyclic) bond motifs is 1. The fourth-order valence-corrected chi connectivity index (χ4v) is 4.61. The van der Waals surface area contributed by atoms with Crippen LogP contribution in [0.3, 0.4) is 0 Å². The normalized spacial score (nSPS) is 14.6. The summed E-state index contributed by atoms with van der Waals surface area (Å²) in [5.74, 6) is 1.57. The number of carbonyl (C=O) groups excluding carboxylic acids is 1. The van der Waals surface area contributed by atoms with Gasteiger partial charge in [0.2, 0.25) is 0 Å². The molecule has 0 atom stereocenters. The lowest BCUT2D eigenvalue weighted by atomic mass is 10.0. The zero-order chi connectivity index (χ0) is 24.1. The Balaban J connectivity index is 1.37. The van der Waals surface area contributed by atoms with Crippen molar-refractivity contribution >= 4 is 28.3 Å². The van der Waals surface area contributed by atoms with Gasteiger partial charge >= 0.3 is 0 Å². The summed E-state index contributed by atoms with van der Waals surface area (Å²) < 4.78 is 5.66. The molecule has 1 amide bonds. The third-order valence-electron chi connectivity index (χ3n) is 6.64. The molecule has 4 rings (SSSR count). The fraction of sp³-hybridized carbons (Fsp3) is 0.429. The van der Waals surface area contributed by atoms with E-state index in [0.717, 1.165) is 66.7 Å². The first kappa shape index (κ1) is 24.0. The molecule has 180 valence electrons. The van der Waals surface area contributed by atoms with E-state index in [2.05, 4.69) is 61.3 Å². The average molecular weight is 461 g/mol. The molecule has 6 nitrogen and oxygen atoms in total. The van der Waals surface area contributed by atoms with Crippen molar-refractivity contribution in [2.75, 3.05) is 44.0 Å². The Morgan fingerprint density at radius 1 is 1.12 bits per heavy atom. The molecule has 1 N–H and O–H groups in total. The molecule has 3 aromatic rings. The number of aromatic nitrogens is 1. The minimum absolute atomic E-state index is 0.0236. The lowest BCUT2D eigenvalue weighted by Gasteiger charge is -2.36. The van der Waals surface area contributed by atoms with Crippen molar-refractivity contribution in [3.05, 3.63) is 59.7 Å². The molecule has 0 spiro atoms. The number of amides is 1. The Hall–Kier alpha value is -3.12. The highest BCUT2D eigenvalue weighted by Crippen LogP contribution is 2.27. The fourth-order valence-electron chi connectivity index (χ4n) is 4.61. The van der Waals surface area contributed by atoms with Crippen LogP contribution in [-0.2, 0) is 11.2 Å². The Kier molecular flexibility index (Phi) is 7.68. The molecule has 0 radical (unpaired) electrons. The minimum atomic E-state index is -0.178. The molecule has 0 saturated carbocycles. The predicted molar refractivity (Wildman–Crippen MR) is 140 cm³/mol. The van der Waals surface area contributed by atoms with Crippen LogP contribution in [-0.4, -0.2) is 55.6 Å². The molecule has 2 heterocycles. The van der Waals surface area contributed by atoms with Gasteiger partial charge < -0.3 is 19.9 Å². The maximum absolute atomic E-state index is 12.4. The van der Waals surface area contributed by atoms with Crippen molar-refractivity contribution in [1.82, 2.24) is 9.88 Å². The number of nitrogens with one attached hydrogen (secondary N) is 1. The van der Waals surface area contributed by atoms with Crippen LogP contribution < -0.4 is 15.0 Å². The van der Waals surface area contributed by atoms with Crippen LogP contribution in [0.5, 0.6) is 5.75 Å². The van der Waals surface area contributed by atoms with Crippen molar-refractivity contribution in [2.24, 2.45) is 0 Å². The van der Waals surface area contributed by atoms with Crippen LogP contribution >= 0.6 is 0 Å². The summed E-state index contributed by atoms with van der Waals surface area (Å²) in [5.41, 5.74) is 4.14. The molecule has 1 aromatic heterocycles. The summed E-state index contributed by atoms with van der Waals surface area (Å²) >= 11 is 0. The SMILES string of the molecule is CCCc1ccc(OCC(=O)Nc2ccc3nc(N4CCC(N(C)C)CC4)cc(C)c3c2)cc1. The first-order chi connectivity index (χ1) is 16.4. The first-order valence-corrected chi connectivity index (χ1v) is 12.3. The molecule has 1 aliphatic heterocycles. The molecule has 1 aliphatic rings.